The molecule has 0 unspecified atom stereocenters. The number of halogens is 2. The normalized spacial score (nSPS) is 10.4. The summed E-state index contributed by atoms with van der Waals surface area (Å²) >= 11 is 0. The number of unbranched alkanes of at least 4 members (excludes halogenated alkanes) is 2. The lowest BCUT2D eigenvalue weighted by Crippen LogP contribution is -2.24. The summed E-state index contributed by atoms with van der Waals surface area (Å²) in [5.74, 6) is -2.86. The van der Waals surface area contributed by atoms with Gasteiger partial charge in [0.1, 0.15) is 0 Å². The Bertz CT molecular complexity index is 492. The lowest BCUT2D eigenvalue weighted by molar-refractivity contribution is -0.137. The molecule has 0 fully saturated rings. The summed E-state index contributed by atoms with van der Waals surface area (Å²) in [4.78, 5) is 21.8. The van der Waals surface area contributed by atoms with Gasteiger partial charge in [-0.1, -0.05) is 18.6 Å². The number of carboxylic acid groups (broad SMARTS) is 1. The monoisotopic (exact) mass is 299 g/mol. The number of aliphatic carboxylic acids is 1. The van der Waals surface area contributed by atoms with Crippen molar-refractivity contribution in [2.75, 3.05) is 6.54 Å². The molecule has 0 radical (unpaired) electrons. The summed E-state index contributed by atoms with van der Waals surface area (Å²) in [6.45, 7) is 0.462. The molecule has 21 heavy (non-hydrogen) atoms. The van der Waals surface area contributed by atoms with E-state index in [1.54, 1.807) is 0 Å². The van der Waals surface area contributed by atoms with Crippen LogP contribution >= 0.6 is 0 Å². The highest BCUT2D eigenvalue weighted by atomic mass is 19.2. The number of hydrogen-bond acceptors (Lipinski definition) is 2. The van der Waals surface area contributed by atoms with Crippen LogP contribution < -0.4 is 5.32 Å². The maximum atomic E-state index is 13.4. The first kappa shape index (κ1) is 17.1. The van der Waals surface area contributed by atoms with Gasteiger partial charge in [-0.15, -0.1) is 0 Å². The van der Waals surface area contributed by atoms with E-state index in [2.05, 4.69) is 5.32 Å². The van der Waals surface area contributed by atoms with Crippen LogP contribution in [0.5, 0.6) is 0 Å². The minimum Gasteiger partial charge on any atom is -0.481 e. The largest absolute Gasteiger partial charge is 0.481 e. The lowest BCUT2D eigenvalue weighted by Gasteiger charge is -2.06. The van der Waals surface area contributed by atoms with Gasteiger partial charge in [0.15, 0.2) is 11.6 Å². The first-order chi connectivity index (χ1) is 10.0. The van der Waals surface area contributed by atoms with Crippen molar-refractivity contribution in [2.24, 2.45) is 0 Å². The molecule has 0 spiro atoms. The van der Waals surface area contributed by atoms with Crippen LogP contribution in [0, 0.1) is 11.6 Å². The molecule has 116 valence electrons. The van der Waals surface area contributed by atoms with Crippen LogP contribution in [0.25, 0.3) is 0 Å². The van der Waals surface area contributed by atoms with Gasteiger partial charge in [-0.2, -0.15) is 0 Å². The topological polar surface area (TPSA) is 66.4 Å². The quantitative estimate of drug-likeness (QED) is 0.689. The number of benzene rings is 1. The van der Waals surface area contributed by atoms with Crippen molar-refractivity contribution in [1.82, 2.24) is 5.32 Å². The van der Waals surface area contributed by atoms with E-state index in [1.165, 1.54) is 12.1 Å². The summed E-state index contributed by atoms with van der Waals surface area (Å²) in [7, 11) is 0. The molecule has 1 aromatic rings. The zero-order chi connectivity index (χ0) is 15.7. The Kier molecular flexibility index (Phi) is 7.36. The molecule has 1 aromatic carbocycles. The summed E-state index contributed by atoms with van der Waals surface area (Å²) in [5.41, 5.74) is 0.187. The van der Waals surface area contributed by atoms with Gasteiger partial charge in [0.25, 0.3) is 0 Å². The Morgan fingerprint density at radius 2 is 1.86 bits per heavy atom. The van der Waals surface area contributed by atoms with E-state index in [1.807, 2.05) is 0 Å². The fraction of sp³-hybridized carbons (Fsp3) is 0.467. The zero-order valence-electron chi connectivity index (χ0n) is 11.7. The van der Waals surface area contributed by atoms with Crippen LogP contribution in [-0.2, 0) is 16.0 Å². The average Bonchev–Trinajstić information content (AvgIpc) is 2.44. The van der Waals surface area contributed by atoms with Crippen molar-refractivity contribution in [3.63, 3.8) is 0 Å². The number of hydrogen-bond donors (Lipinski definition) is 2. The zero-order valence-corrected chi connectivity index (χ0v) is 11.7. The third-order valence-electron chi connectivity index (χ3n) is 3.04. The first-order valence-corrected chi connectivity index (χ1v) is 6.92. The minimum absolute atomic E-state index is 0.0928. The van der Waals surface area contributed by atoms with Gasteiger partial charge in [0.05, 0.1) is 0 Å². The van der Waals surface area contributed by atoms with Crippen LogP contribution in [0.1, 0.15) is 37.7 Å². The van der Waals surface area contributed by atoms with E-state index in [0.717, 1.165) is 12.5 Å². The van der Waals surface area contributed by atoms with Gasteiger partial charge < -0.3 is 10.4 Å². The van der Waals surface area contributed by atoms with Gasteiger partial charge in [-0.05, 0) is 30.9 Å². The van der Waals surface area contributed by atoms with Gasteiger partial charge in [0.2, 0.25) is 5.91 Å². The molecular weight excluding hydrogens is 280 g/mol. The highest BCUT2D eigenvalue weighted by molar-refractivity contribution is 5.76. The van der Waals surface area contributed by atoms with E-state index in [4.69, 9.17) is 5.11 Å². The molecule has 1 amide bonds. The summed E-state index contributed by atoms with van der Waals surface area (Å²) in [5, 5.41) is 11.1. The van der Waals surface area contributed by atoms with Crippen molar-refractivity contribution in [2.45, 2.75) is 38.5 Å². The molecular formula is C15H19F2NO3. The van der Waals surface area contributed by atoms with Gasteiger partial charge >= 0.3 is 5.97 Å². The van der Waals surface area contributed by atoms with Crippen molar-refractivity contribution >= 4 is 11.9 Å². The number of rotatable bonds is 9. The lowest BCUT2D eigenvalue weighted by atomic mass is 10.1. The molecule has 0 saturated heterocycles. The second-order valence-corrected chi connectivity index (χ2v) is 4.77. The van der Waals surface area contributed by atoms with Crippen molar-refractivity contribution in [3.05, 3.63) is 35.4 Å². The first-order valence-electron chi connectivity index (χ1n) is 6.92. The van der Waals surface area contributed by atoms with E-state index >= 15 is 0 Å². The highest BCUT2D eigenvalue weighted by Gasteiger charge is 2.09. The Labute approximate surface area is 122 Å². The molecule has 0 aromatic heterocycles. The fourth-order valence-corrected chi connectivity index (χ4v) is 1.88. The van der Waals surface area contributed by atoms with Crippen LogP contribution in [0.2, 0.25) is 0 Å². The van der Waals surface area contributed by atoms with E-state index in [9.17, 15) is 18.4 Å². The second-order valence-electron chi connectivity index (χ2n) is 4.77. The number of amides is 1. The minimum atomic E-state index is -0.911. The number of carbonyl (C=O) groups is 2. The Hall–Kier alpha value is -1.98. The molecule has 0 atom stereocenters. The second kappa shape index (κ2) is 9.05. The summed E-state index contributed by atoms with van der Waals surface area (Å²) < 4.78 is 26.3. The van der Waals surface area contributed by atoms with Gasteiger partial charge in [0, 0.05) is 19.4 Å². The van der Waals surface area contributed by atoms with Crippen LogP contribution in [0.15, 0.2) is 18.2 Å². The van der Waals surface area contributed by atoms with Gasteiger partial charge in [-0.3, -0.25) is 9.59 Å². The Morgan fingerprint density at radius 1 is 1.10 bits per heavy atom. The molecule has 0 aliphatic carbocycles. The maximum Gasteiger partial charge on any atom is 0.303 e. The highest BCUT2D eigenvalue weighted by Crippen LogP contribution is 2.13. The van der Waals surface area contributed by atoms with E-state index in [0.29, 0.717) is 19.4 Å². The average molecular weight is 299 g/mol. The molecule has 6 heteroatoms. The smallest absolute Gasteiger partial charge is 0.303 e. The van der Waals surface area contributed by atoms with E-state index < -0.39 is 17.6 Å². The molecule has 2 N–H and O–H groups in total. The third-order valence-corrected chi connectivity index (χ3v) is 3.04. The number of carbonyl (C=O) groups excluding carboxylic acids is 1. The molecule has 0 aliphatic heterocycles. The van der Waals surface area contributed by atoms with Crippen LogP contribution in [0.4, 0.5) is 8.78 Å². The molecule has 0 bridgehead atoms. The summed E-state index contributed by atoms with van der Waals surface area (Å²) in [6, 6.07) is 3.90. The van der Waals surface area contributed by atoms with E-state index in [-0.39, 0.29) is 30.7 Å². The molecule has 0 aliphatic rings. The number of aryl methyl sites for hydroxylation is 1. The Morgan fingerprint density at radius 3 is 2.57 bits per heavy atom. The standard InChI is InChI=1S/C15H19F2NO3/c16-12-6-4-5-11(15(12)17)8-9-13(19)18-10-3-1-2-7-14(20)21/h4-6H,1-3,7-10H2,(H,18,19)(H,20,21). The van der Waals surface area contributed by atoms with Crippen LogP contribution in [0.3, 0.4) is 0 Å². The van der Waals surface area contributed by atoms with Crippen molar-refractivity contribution < 1.29 is 23.5 Å². The molecule has 4 nitrogen and oxygen atoms in total. The molecule has 0 heterocycles. The number of carboxylic acids is 1. The van der Waals surface area contributed by atoms with Crippen LogP contribution in [-0.4, -0.2) is 23.5 Å². The van der Waals surface area contributed by atoms with Crippen molar-refractivity contribution in [1.29, 1.82) is 0 Å². The molecule has 1 rings (SSSR count). The van der Waals surface area contributed by atoms with Gasteiger partial charge in [-0.25, -0.2) is 8.78 Å². The Balaban J connectivity index is 2.17. The predicted molar refractivity (Wildman–Crippen MR) is 73.8 cm³/mol. The van der Waals surface area contributed by atoms with Crippen molar-refractivity contribution in [3.8, 4) is 0 Å². The fourth-order valence-electron chi connectivity index (χ4n) is 1.88. The molecule has 0 saturated carbocycles. The third kappa shape index (κ3) is 6.83. The predicted octanol–water partition coefficient (Wildman–Crippen LogP) is 2.66. The maximum absolute atomic E-state index is 13.4. The SMILES string of the molecule is O=C(O)CCCCCNC(=O)CCc1cccc(F)c1F. The summed E-state index contributed by atoms with van der Waals surface area (Å²) in [6.07, 6.45) is 2.38. The number of nitrogens with one attached hydrogen (secondary N) is 1.